The summed E-state index contributed by atoms with van der Waals surface area (Å²) in [4.78, 5) is 20.1. The molecule has 1 fully saturated rings. The van der Waals surface area contributed by atoms with Crippen molar-refractivity contribution in [2.45, 2.75) is 58.2 Å². The second-order valence-electron chi connectivity index (χ2n) is 7.33. The van der Waals surface area contributed by atoms with E-state index in [0.717, 1.165) is 17.7 Å². The molecule has 1 N–H and O–H groups in total. The number of aromatic nitrogens is 4. The van der Waals surface area contributed by atoms with E-state index >= 15 is 0 Å². The van der Waals surface area contributed by atoms with Crippen LogP contribution < -0.4 is 5.56 Å². The summed E-state index contributed by atoms with van der Waals surface area (Å²) in [5.74, 6) is 1.62. The van der Waals surface area contributed by atoms with Crippen molar-refractivity contribution in [1.82, 2.24) is 19.6 Å². The molecule has 6 nitrogen and oxygen atoms in total. The van der Waals surface area contributed by atoms with Crippen LogP contribution in [0.4, 0.5) is 0 Å². The van der Waals surface area contributed by atoms with Crippen molar-refractivity contribution in [3.05, 3.63) is 52.4 Å². The molecule has 1 saturated carbocycles. The number of hydrogen-bond acceptors (Lipinski definition) is 4. The van der Waals surface area contributed by atoms with Crippen molar-refractivity contribution >= 4 is 5.78 Å². The van der Waals surface area contributed by atoms with E-state index in [9.17, 15) is 4.79 Å². The maximum Gasteiger partial charge on any atom is 0.275 e. The summed E-state index contributed by atoms with van der Waals surface area (Å²) >= 11 is 0. The number of fused-ring (bicyclic) bond motifs is 1. The normalized spacial score (nSPS) is 16.6. The highest BCUT2D eigenvalue weighted by Gasteiger charge is 2.23. The van der Waals surface area contributed by atoms with E-state index in [1.807, 2.05) is 30.3 Å². The van der Waals surface area contributed by atoms with Crippen LogP contribution >= 0.6 is 0 Å². The molecule has 2 heterocycles. The number of hydrogen-bond donors (Lipinski definition) is 1. The van der Waals surface area contributed by atoms with E-state index in [-0.39, 0.29) is 11.7 Å². The lowest BCUT2D eigenvalue weighted by atomic mass is 9.84. The highest BCUT2D eigenvalue weighted by Crippen LogP contribution is 2.29. The molecule has 0 amide bonds. The molecule has 1 aliphatic carbocycles. The van der Waals surface area contributed by atoms with Crippen LogP contribution in [0, 0.1) is 5.92 Å². The van der Waals surface area contributed by atoms with E-state index < -0.39 is 0 Å². The van der Waals surface area contributed by atoms with Crippen molar-refractivity contribution in [2.24, 2.45) is 5.92 Å². The van der Waals surface area contributed by atoms with E-state index in [0.29, 0.717) is 24.1 Å². The fraction of sp³-hybridized carbons (Fsp3) is 0.476. The van der Waals surface area contributed by atoms with Gasteiger partial charge in [-0.25, -0.2) is 0 Å². The predicted octanol–water partition coefficient (Wildman–Crippen LogP) is 3.96. The minimum absolute atomic E-state index is 0.192. The van der Waals surface area contributed by atoms with Gasteiger partial charge in [0.15, 0.2) is 5.82 Å². The first-order chi connectivity index (χ1) is 13.2. The van der Waals surface area contributed by atoms with Crippen molar-refractivity contribution in [3.8, 4) is 11.4 Å². The fourth-order valence-corrected chi connectivity index (χ4v) is 4.01. The van der Waals surface area contributed by atoms with Gasteiger partial charge in [-0.1, -0.05) is 56.5 Å². The molecule has 3 aromatic rings. The Morgan fingerprint density at radius 2 is 2.00 bits per heavy atom. The van der Waals surface area contributed by atoms with Crippen molar-refractivity contribution in [3.63, 3.8) is 0 Å². The van der Waals surface area contributed by atoms with Crippen LogP contribution in [0.15, 0.2) is 41.2 Å². The lowest BCUT2D eigenvalue weighted by molar-refractivity contribution is -0.0136. The zero-order valence-corrected chi connectivity index (χ0v) is 15.7. The van der Waals surface area contributed by atoms with Gasteiger partial charge in [-0.15, -0.1) is 5.10 Å². The van der Waals surface area contributed by atoms with Crippen LogP contribution in [0.3, 0.4) is 0 Å². The summed E-state index contributed by atoms with van der Waals surface area (Å²) in [6.07, 6.45) is 7.69. The molecule has 0 spiro atoms. The van der Waals surface area contributed by atoms with Crippen molar-refractivity contribution < 1.29 is 4.74 Å². The van der Waals surface area contributed by atoms with E-state index in [4.69, 9.17) is 4.74 Å². The summed E-state index contributed by atoms with van der Waals surface area (Å²) < 4.78 is 7.49. The first-order valence-electron chi connectivity index (χ1n) is 9.90. The quantitative estimate of drug-likeness (QED) is 0.717. The Morgan fingerprint density at radius 3 is 2.74 bits per heavy atom. The van der Waals surface area contributed by atoms with Gasteiger partial charge in [0.1, 0.15) is 0 Å². The lowest BCUT2D eigenvalue weighted by Gasteiger charge is -2.29. The number of ether oxygens (including phenoxy) is 1. The molecule has 0 radical (unpaired) electrons. The van der Waals surface area contributed by atoms with E-state index in [1.54, 1.807) is 6.07 Å². The molecule has 0 bridgehead atoms. The molecule has 1 aromatic carbocycles. The lowest BCUT2D eigenvalue weighted by Crippen LogP contribution is -2.26. The van der Waals surface area contributed by atoms with Crippen molar-refractivity contribution in [1.29, 1.82) is 0 Å². The number of rotatable bonds is 6. The molecule has 1 aliphatic rings. The summed E-state index contributed by atoms with van der Waals surface area (Å²) in [7, 11) is 0. The minimum Gasteiger partial charge on any atom is -0.372 e. The molecule has 1 unspecified atom stereocenters. The number of nitrogens with one attached hydrogen (secondary N) is 1. The number of H-pyrrole nitrogens is 1. The molecule has 0 aliphatic heterocycles. The molecular weight excluding hydrogens is 340 g/mol. The van der Waals surface area contributed by atoms with Gasteiger partial charge in [-0.3, -0.25) is 4.79 Å². The third-order valence-corrected chi connectivity index (χ3v) is 5.45. The molecule has 6 heteroatoms. The first-order valence-corrected chi connectivity index (χ1v) is 9.90. The Balaban J connectivity index is 1.53. The standard InChI is InChI=1S/C21H26N4O2/c1-2-18(15-9-5-3-6-10-15)27-14-17-13-19(26)25-21(22-17)23-20(24-25)16-11-7-4-8-12-16/h4,7-8,11-13,15,18H,2-3,5-6,9-10,14H2,1H3,(H,22,23,24). The molecular formula is C21H26N4O2. The predicted molar refractivity (Wildman–Crippen MR) is 104 cm³/mol. The average Bonchev–Trinajstić information content (AvgIpc) is 3.15. The zero-order chi connectivity index (χ0) is 18.6. The summed E-state index contributed by atoms with van der Waals surface area (Å²) in [5.41, 5.74) is 1.44. The maximum absolute atomic E-state index is 12.4. The van der Waals surface area contributed by atoms with Gasteiger partial charge >= 0.3 is 0 Å². The SMILES string of the molecule is CCC(OCc1cc(=O)n2nc(-c3ccccc3)nc2[nH]1)C1CCCCC1. The summed E-state index contributed by atoms with van der Waals surface area (Å²) in [6.45, 7) is 2.57. The van der Waals surface area contributed by atoms with Gasteiger partial charge in [0.05, 0.1) is 12.7 Å². The van der Waals surface area contributed by atoms with Gasteiger partial charge in [-0.2, -0.15) is 9.50 Å². The number of nitrogens with zero attached hydrogens (tertiary/aromatic N) is 3. The minimum atomic E-state index is -0.192. The van der Waals surface area contributed by atoms with Crippen LogP contribution in [0.2, 0.25) is 0 Å². The first kappa shape index (κ1) is 17.9. The highest BCUT2D eigenvalue weighted by atomic mass is 16.5. The molecule has 4 rings (SSSR count). The second-order valence-corrected chi connectivity index (χ2v) is 7.33. The smallest absolute Gasteiger partial charge is 0.275 e. The van der Waals surface area contributed by atoms with Crippen LogP contribution in [0.25, 0.3) is 17.2 Å². The summed E-state index contributed by atoms with van der Waals surface area (Å²) in [5, 5.41) is 4.33. The van der Waals surface area contributed by atoms with Crippen molar-refractivity contribution in [2.75, 3.05) is 0 Å². The van der Waals surface area contributed by atoms with Gasteiger partial charge in [-0.05, 0) is 25.2 Å². The molecule has 1 atom stereocenters. The number of benzene rings is 1. The Labute approximate surface area is 158 Å². The molecule has 27 heavy (non-hydrogen) atoms. The Morgan fingerprint density at radius 1 is 1.22 bits per heavy atom. The van der Waals surface area contributed by atoms with Crippen LogP contribution in [-0.2, 0) is 11.3 Å². The highest BCUT2D eigenvalue weighted by molar-refractivity contribution is 5.56. The van der Waals surface area contributed by atoms with E-state index in [2.05, 4.69) is 22.0 Å². The third kappa shape index (κ3) is 3.95. The monoisotopic (exact) mass is 366 g/mol. The van der Waals surface area contributed by atoms with Crippen LogP contribution in [-0.4, -0.2) is 25.7 Å². The van der Waals surface area contributed by atoms with Gasteiger partial charge in [0.2, 0.25) is 5.78 Å². The third-order valence-electron chi connectivity index (χ3n) is 5.45. The molecule has 2 aromatic heterocycles. The largest absolute Gasteiger partial charge is 0.372 e. The summed E-state index contributed by atoms with van der Waals surface area (Å²) in [6, 6.07) is 11.2. The Kier molecular flexibility index (Phi) is 5.34. The molecule has 142 valence electrons. The maximum atomic E-state index is 12.4. The zero-order valence-electron chi connectivity index (χ0n) is 15.7. The van der Waals surface area contributed by atoms with Crippen LogP contribution in [0.5, 0.6) is 0 Å². The number of aromatic amines is 1. The van der Waals surface area contributed by atoms with Gasteiger partial charge < -0.3 is 9.72 Å². The fourth-order valence-electron chi connectivity index (χ4n) is 4.01. The Bertz CT molecular complexity index is 942. The van der Waals surface area contributed by atoms with Crippen LogP contribution in [0.1, 0.15) is 51.1 Å². The molecule has 0 saturated heterocycles. The Hall–Kier alpha value is -2.47. The topological polar surface area (TPSA) is 72.3 Å². The van der Waals surface area contributed by atoms with Gasteiger partial charge in [0.25, 0.3) is 5.56 Å². The second kappa shape index (κ2) is 8.05. The van der Waals surface area contributed by atoms with E-state index in [1.165, 1.54) is 36.6 Å². The average molecular weight is 366 g/mol. The van der Waals surface area contributed by atoms with Gasteiger partial charge in [0, 0.05) is 17.3 Å².